The van der Waals surface area contributed by atoms with E-state index < -0.39 is 0 Å². The molecule has 0 fully saturated rings. The van der Waals surface area contributed by atoms with Crippen molar-refractivity contribution in [2.24, 2.45) is 0 Å². The number of hydrogen-bond donors (Lipinski definition) is 0. The Bertz CT molecular complexity index is 809. The van der Waals surface area contributed by atoms with Gasteiger partial charge in [0.2, 0.25) is 5.13 Å². The van der Waals surface area contributed by atoms with Crippen LogP contribution in [0, 0.1) is 5.82 Å². The molecule has 0 bridgehead atoms. The van der Waals surface area contributed by atoms with Gasteiger partial charge < -0.3 is 4.90 Å². The molecule has 0 radical (unpaired) electrons. The summed E-state index contributed by atoms with van der Waals surface area (Å²) in [6.45, 7) is 2.04. The molecule has 2 heterocycles. The average molecular weight is 393 g/mol. The van der Waals surface area contributed by atoms with E-state index in [-0.39, 0.29) is 11.9 Å². The molecule has 0 spiro atoms. The Labute approximate surface area is 146 Å². The standard InChI is InChI=1S/C16H14BrFN4S/c1-10(14-5-3-4-8-19-14)22(2)16-21-20-15(23-16)12-9-11(17)6-7-13(12)18/h3-10H,1-2H3. The van der Waals surface area contributed by atoms with Gasteiger partial charge in [-0.05, 0) is 37.3 Å². The second-order valence-corrected chi connectivity index (χ2v) is 6.93. The largest absolute Gasteiger partial charge is 0.341 e. The van der Waals surface area contributed by atoms with Crippen molar-refractivity contribution >= 4 is 32.4 Å². The number of anilines is 1. The van der Waals surface area contributed by atoms with E-state index in [1.807, 2.05) is 37.1 Å². The second kappa shape index (κ2) is 6.72. The molecule has 0 amide bonds. The lowest BCUT2D eigenvalue weighted by atomic mass is 10.2. The SMILES string of the molecule is CC(c1ccccn1)N(C)c1nnc(-c2cc(Br)ccc2F)s1. The highest BCUT2D eigenvalue weighted by Crippen LogP contribution is 2.34. The molecule has 1 unspecified atom stereocenters. The van der Waals surface area contributed by atoms with E-state index in [1.165, 1.54) is 17.4 Å². The first kappa shape index (κ1) is 16.0. The van der Waals surface area contributed by atoms with Crippen LogP contribution in [0.2, 0.25) is 0 Å². The van der Waals surface area contributed by atoms with Gasteiger partial charge in [-0.3, -0.25) is 4.98 Å². The number of nitrogens with zero attached hydrogens (tertiary/aromatic N) is 4. The predicted molar refractivity (Wildman–Crippen MR) is 94.1 cm³/mol. The number of rotatable bonds is 4. The number of hydrogen-bond acceptors (Lipinski definition) is 5. The quantitative estimate of drug-likeness (QED) is 0.645. The van der Waals surface area contributed by atoms with Crippen molar-refractivity contribution in [3.05, 3.63) is 58.6 Å². The zero-order valence-electron chi connectivity index (χ0n) is 12.6. The van der Waals surface area contributed by atoms with Crippen molar-refractivity contribution in [1.82, 2.24) is 15.2 Å². The first-order chi connectivity index (χ1) is 11.1. The number of benzene rings is 1. The maximum atomic E-state index is 14.0. The third-order valence-corrected chi connectivity index (χ3v) is 5.11. The Morgan fingerprint density at radius 3 is 2.78 bits per heavy atom. The van der Waals surface area contributed by atoms with Crippen LogP contribution in [0.5, 0.6) is 0 Å². The molecule has 0 saturated heterocycles. The summed E-state index contributed by atoms with van der Waals surface area (Å²) in [6.07, 6.45) is 1.77. The Hall–Kier alpha value is -1.86. The molecular weight excluding hydrogens is 379 g/mol. The predicted octanol–water partition coefficient (Wildman–Crippen LogP) is 4.70. The lowest BCUT2D eigenvalue weighted by molar-refractivity contribution is 0.630. The molecule has 0 aliphatic carbocycles. The molecule has 0 N–H and O–H groups in total. The van der Waals surface area contributed by atoms with Gasteiger partial charge in [0, 0.05) is 23.3 Å². The smallest absolute Gasteiger partial charge is 0.208 e. The highest BCUT2D eigenvalue weighted by molar-refractivity contribution is 9.10. The van der Waals surface area contributed by atoms with Gasteiger partial charge in [-0.25, -0.2) is 4.39 Å². The zero-order chi connectivity index (χ0) is 16.4. The number of aromatic nitrogens is 3. The van der Waals surface area contributed by atoms with Crippen LogP contribution in [-0.4, -0.2) is 22.2 Å². The molecule has 1 aromatic carbocycles. The van der Waals surface area contributed by atoms with E-state index in [9.17, 15) is 4.39 Å². The summed E-state index contributed by atoms with van der Waals surface area (Å²) < 4.78 is 14.8. The third kappa shape index (κ3) is 3.40. The summed E-state index contributed by atoms with van der Waals surface area (Å²) in [5.41, 5.74) is 1.39. The van der Waals surface area contributed by atoms with Gasteiger partial charge >= 0.3 is 0 Å². The maximum Gasteiger partial charge on any atom is 0.208 e. The van der Waals surface area contributed by atoms with E-state index in [1.54, 1.807) is 18.3 Å². The summed E-state index contributed by atoms with van der Waals surface area (Å²) in [6, 6.07) is 10.6. The minimum absolute atomic E-state index is 0.0457. The lowest BCUT2D eigenvalue weighted by Crippen LogP contribution is -2.22. The highest BCUT2D eigenvalue weighted by Gasteiger charge is 2.19. The minimum atomic E-state index is -0.309. The molecule has 1 atom stereocenters. The normalized spacial score (nSPS) is 12.2. The molecule has 0 aliphatic rings. The molecule has 23 heavy (non-hydrogen) atoms. The second-order valence-electron chi connectivity index (χ2n) is 5.06. The summed E-state index contributed by atoms with van der Waals surface area (Å²) in [7, 11) is 1.93. The first-order valence-corrected chi connectivity index (χ1v) is 8.60. The molecule has 3 aromatic rings. The molecule has 0 aliphatic heterocycles. The Morgan fingerprint density at radius 2 is 2.04 bits per heavy atom. The van der Waals surface area contributed by atoms with Gasteiger partial charge in [0.05, 0.1) is 11.7 Å². The van der Waals surface area contributed by atoms with E-state index >= 15 is 0 Å². The Kier molecular flexibility index (Phi) is 4.68. The van der Waals surface area contributed by atoms with E-state index in [2.05, 4.69) is 31.1 Å². The minimum Gasteiger partial charge on any atom is -0.341 e. The lowest BCUT2D eigenvalue weighted by Gasteiger charge is -2.23. The molecule has 2 aromatic heterocycles. The highest BCUT2D eigenvalue weighted by atomic mass is 79.9. The van der Waals surface area contributed by atoms with Crippen LogP contribution < -0.4 is 4.90 Å². The summed E-state index contributed by atoms with van der Waals surface area (Å²) in [5, 5.41) is 9.60. The Balaban J connectivity index is 1.88. The number of halogens is 2. The van der Waals surface area contributed by atoms with E-state index in [4.69, 9.17) is 0 Å². The van der Waals surface area contributed by atoms with Crippen LogP contribution in [0.15, 0.2) is 47.1 Å². The van der Waals surface area contributed by atoms with Crippen molar-refractivity contribution in [2.45, 2.75) is 13.0 Å². The van der Waals surface area contributed by atoms with E-state index in [0.29, 0.717) is 10.6 Å². The van der Waals surface area contributed by atoms with Crippen molar-refractivity contribution in [3.8, 4) is 10.6 Å². The fourth-order valence-corrected chi connectivity index (χ4v) is 3.38. The van der Waals surface area contributed by atoms with Gasteiger partial charge in [0.15, 0.2) is 5.01 Å². The fourth-order valence-electron chi connectivity index (χ4n) is 2.12. The molecule has 3 rings (SSSR count). The van der Waals surface area contributed by atoms with Crippen molar-refractivity contribution in [2.75, 3.05) is 11.9 Å². The van der Waals surface area contributed by atoms with Crippen molar-refractivity contribution in [3.63, 3.8) is 0 Å². The van der Waals surface area contributed by atoms with Crippen LogP contribution in [0.3, 0.4) is 0 Å². The summed E-state index contributed by atoms with van der Waals surface area (Å²) in [4.78, 5) is 6.35. The van der Waals surface area contributed by atoms with Gasteiger partial charge in [-0.15, -0.1) is 10.2 Å². The van der Waals surface area contributed by atoms with Gasteiger partial charge in [0.25, 0.3) is 0 Å². The molecule has 0 saturated carbocycles. The van der Waals surface area contributed by atoms with Crippen LogP contribution in [0.1, 0.15) is 18.7 Å². The third-order valence-electron chi connectivity index (χ3n) is 3.57. The molecule has 118 valence electrons. The summed E-state index contributed by atoms with van der Waals surface area (Å²) >= 11 is 4.71. The van der Waals surface area contributed by atoms with Crippen LogP contribution in [0.25, 0.3) is 10.6 Å². The average Bonchev–Trinajstić information content (AvgIpc) is 3.06. The molecule has 4 nitrogen and oxygen atoms in total. The maximum absolute atomic E-state index is 14.0. The van der Waals surface area contributed by atoms with Gasteiger partial charge in [-0.1, -0.05) is 33.3 Å². The van der Waals surface area contributed by atoms with Crippen LogP contribution >= 0.6 is 27.3 Å². The monoisotopic (exact) mass is 392 g/mol. The summed E-state index contributed by atoms with van der Waals surface area (Å²) in [5.74, 6) is -0.309. The Morgan fingerprint density at radius 1 is 1.22 bits per heavy atom. The van der Waals surface area contributed by atoms with Crippen molar-refractivity contribution < 1.29 is 4.39 Å². The van der Waals surface area contributed by atoms with Gasteiger partial charge in [0.1, 0.15) is 5.82 Å². The molecular formula is C16H14BrFN4S. The first-order valence-electron chi connectivity index (χ1n) is 6.99. The van der Waals surface area contributed by atoms with Gasteiger partial charge in [-0.2, -0.15) is 0 Å². The fraction of sp³-hybridized carbons (Fsp3) is 0.188. The van der Waals surface area contributed by atoms with Crippen LogP contribution in [0.4, 0.5) is 9.52 Å². The topological polar surface area (TPSA) is 41.9 Å². The van der Waals surface area contributed by atoms with Crippen molar-refractivity contribution in [1.29, 1.82) is 0 Å². The molecule has 7 heteroatoms. The number of pyridine rings is 1. The van der Waals surface area contributed by atoms with E-state index in [0.717, 1.165) is 15.3 Å². The zero-order valence-corrected chi connectivity index (χ0v) is 15.0. The van der Waals surface area contributed by atoms with Crippen LogP contribution in [-0.2, 0) is 0 Å².